The van der Waals surface area contributed by atoms with Crippen LogP contribution in [0.25, 0.3) is 11.4 Å². The molecule has 2 atom stereocenters. The first-order chi connectivity index (χ1) is 12.2. The van der Waals surface area contributed by atoms with Crippen LogP contribution >= 0.6 is 12.4 Å². The molecule has 2 aliphatic rings. The van der Waals surface area contributed by atoms with Gasteiger partial charge in [-0.2, -0.15) is 4.80 Å². The number of aromatic nitrogens is 4. The summed E-state index contributed by atoms with van der Waals surface area (Å²) in [6.45, 7) is 0.0990. The van der Waals surface area contributed by atoms with E-state index in [0.717, 1.165) is 31.2 Å². The van der Waals surface area contributed by atoms with Crippen LogP contribution in [0.4, 0.5) is 0 Å². The van der Waals surface area contributed by atoms with Crippen molar-refractivity contribution < 1.29 is 4.79 Å². The van der Waals surface area contributed by atoms with E-state index in [1.165, 1.54) is 11.2 Å². The second-order valence-corrected chi connectivity index (χ2v) is 7.29. The van der Waals surface area contributed by atoms with Gasteiger partial charge in [-0.1, -0.05) is 36.8 Å². The summed E-state index contributed by atoms with van der Waals surface area (Å²) in [6, 6.07) is 10.2. The summed E-state index contributed by atoms with van der Waals surface area (Å²) >= 11 is 0. The zero-order valence-corrected chi connectivity index (χ0v) is 15.4. The molecule has 2 saturated carbocycles. The zero-order chi connectivity index (χ0) is 17.2. The predicted octanol–water partition coefficient (Wildman–Crippen LogP) is 1.78. The van der Waals surface area contributed by atoms with E-state index in [0.29, 0.717) is 17.7 Å². The molecule has 1 aromatic heterocycles. The van der Waals surface area contributed by atoms with E-state index in [-0.39, 0.29) is 36.9 Å². The lowest BCUT2D eigenvalue weighted by molar-refractivity contribution is -0.124. The minimum Gasteiger partial charge on any atom is -0.351 e. The van der Waals surface area contributed by atoms with Crippen molar-refractivity contribution in [1.29, 1.82) is 0 Å². The molecule has 1 aromatic carbocycles. The number of nitrogens with one attached hydrogen (secondary N) is 1. The van der Waals surface area contributed by atoms with Crippen LogP contribution < -0.4 is 11.1 Å². The molecule has 2 fully saturated rings. The summed E-state index contributed by atoms with van der Waals surface area (Å²) in [7, 11) is 0. The monoisotopic (exact) mass is 376 g/mol. The van der Waals surface area contributed by atoms with Crippen molar-refractivity contribution in [3.05, 3.63) is 30.3 Å². The summed E-state index contributed by atoms with van der Waals surface area (Å²) in [5.74, 6) is 1.51. The van der Waals surface area contributed by atoms with Crippen molar-refractivity contribution in [3.8, 4) is 11.4 Å². The van der Waals surface area contributed by atoms with Crippen LogP contribution in [0.5, 0.6) is 0 Å². The third-order valence-electron chi connectivity index (χ3n) is 5.47. The van der Waals surface area contributed by atoms with E-state index in [9.17, 15) is 4.79 Å². The zero-order valence-electron chi connectivity index (χ0n) is 14.6. The Kier molecular flexibility index (Phi) is 5.88. The lowest BCUT2D eigenvalue weighted by Crippen LogP contribution is -2.54. The van der Waals surface area contributed by atoms with Gasteiger partial charge in [-0.3, -0.25) is 4.79 Å². The number of halogens is 1. The van der Waals surface area contributed by atoms with Gasteiger partial charge in [0.15, 0.2) is 0 Å². The highest BCUT2D eigenvalue weighted by Crippen LogP contribution is 2.39. The molecule has 8 heteroatoms. The number of hydrogen-bond donors (Lipinski definition) is 2. The normalized spacial score (nSPS) is 27.4. The molecule has 1 amide bonds. The lowest BCUT2D eigenvalue weighted by atomic mass is 9.67. The van der Waals surface area contributed by atoms with Gasteiger partial charge >= 0.3 is 0 Å². The standard InChI is InChI=1S/C18H24N6O.ClH/c19-15-9-13-7-4-8-14(10-15)17(13)20-16(25)11-24-22-18(21-23-24)12-5-2-1-3-6-12;/h1-3,5-6,13-15,17H,4,7-11,19H2,(H,20,25);1H. The summed E-state index contributed by atoms with van der Waals surface area (Å²) in [6.07, 6.45) is 5.60. The fourth-order valence-corrected chi connectivity index (χ4v) is 4.40. The molecule has 2 bridgehead atoms. The van der Waals surface area contributed by atoms with Gasteiger partial charge in [-0.25, -0.2) is 0 Å². The van der Waals surface area contributed by atoms with E-state index in [2.05, 4.69) is 20.7 Å². The summed E-state index contributed by atoms with van der Waals surface area (Å²) in [4.78, 5) is 13.8. The molecular formula is C18H25ClN6O. The molecule has 2 aliphatic carbocycles. The molecule has 4 rings (SSSR count). The lowest BCUT2D eigenvalue weighted by Gasteiger charge is -2.45. The Hall–Kier alpha value is -1.99. The Bertz CT molecular complexity index is 722. The highest BCUT2D eigenvalue weighted by atomic mass is 35.5. The molecule has 1 heterocycles. The topological polar surface area (TPSA) is 98.7 Å². The molecule has 0 aliphatic heterocycles. The van der Waals surface area contributed by atoms with Crippen molar-refractivity contribution in [1.82, 2.24) is 25.5 Å². The van der Waals surface area contributed by atoms with E-state index in [4.69, 9.17) is 5.73 Å². The molecule has 2 aromatic rings. The largest absolute Gasteiger partial charge is 0.351 e. The van der Waals surface area contributed by atoms with Crippen molar-refractivity contribution in [3.63, 3.8) is 0 Å². The first-order valence-electron chi connectivity index (χ1n) is 9.07. The van der Waals surface area contributed by atoms with Gasteiger partial charge < -0.3 is 11.1 Å². The minimum atomic E-state index is -0.0469. The third-order valence-corrected chi connectivity index (χ3v) is 5.47. The number of amides is 1. The first-order valence-corrected chi connectivity index (χ1v) is 9.07. The Morgan fingerprint density at radius 3 is 2.58 bits per heavy atom. The van der Waals surface area contributed by atoms with E-state index >= 15 is 0 Å². The van der Waals surface area contributed by atoms with Gasteiger partial charge in [0.1, 0.15) is 6.54 Å². The summed E-state index contributed by atoms with van der Waals surface area (Å²) < 4.78 is 0. The summed E-state index contributed by atoms with van der Waals surface area (Å²) in [5.41, 5.74) is 7.05. The number of fused-ring (bicyclic) bond motifs is 2. The van der Waals surface area contributed by atoms with Crippen LogP contribution in [0.1, 0.15) is 32.1 Å². The van der Waals surface area contributed by atoms with Gasteiger partial charge in [-0.15, -0.1) is 22.6 Å². The number of nitrogens with zero attached hydrogens (tertiary/aromatic N) is 4. The number of benzene rings is 1. The van der Waals surface area contributed by atoms with Crippen LogP contribution in [-0.2, 0) is 11.3 Å². The quantitative estimate of drug-likeness (QED) is 0.847. The number of carbonyl (C=O) groups is 1. The number of rotatable bonds is 4. The molecule has 0 spiro atoms. The predicted molar refractivity (Wildman–Crippen MR) is 100 cm³/mol. The van der Waals surface area contributed by atoms with Gasteiger partial charge in [0.2, 0.25) is 11.7 Å². The molecule has 0 radical (unpaired) electrons. The Morgan fingerprint density at radius 2 is 1.88 bits per heavy atom. The Balaban J connectivity index is 0.00000196. The minimum absolute atomic E-state index is 0. The van der Waals surface area contributed by atoms with E-state index < -0.39 is 0 Å². The van der Waals surface area contributed by atoms with Crippen molar-refractivity contribution >= 4 is 18.3 Å². The van der Waals surface area contributed by atoms with E-state index in [1.54, 1.807) is 0 Å². The molecule has 0 saturated heterocycles. The van der Waals surface area contributed by atoms with Crippen LogP contribution in [0.3, 0.4) is 0 Å². The maximum atomic E-state index is 12.5. The SMILES string of the molecule is Cl.NC1CC2CCCC(C1)C2NC(=O)Cn1nnc(-c2ccccc2)n1. The average Bonchev–Trinajstić information content (AvgIpc) is 3.05. The van der Waals surface area contributed by atoms with Crippen LogP contribution in [0, 0.1) is 11.8 Å². The van der Waals surface area contributed by atoms with Crippen molar-refractivity contribution in [2.45, 2.75) is 50.7 Å². The van der Waals surface area contributed by atoms with Crippen LogP contribution in [0.2, 0.25) is 0 Å². The second kappa shape index (κ2) is 8.14. The van der Waals surface area contributed by atoms with Gasteiger partial charge in [0, 0.05) is 17.6 Å². The molecule has 3 N–H and O–H groups in total. The molecule has 7 nitrogen and oxygen atoms in total. The molecule has 2 unspecified atom stereocenters. The van der Waals surface area contributed by atoms with E-state index in [1.807, 2.05) is 30.3 Å². The van der Waals surface area contributed by atoms with Crippen LogP contribution in [-0.4, -0.2) is 38.2 Å². The highest BCUT2D eigenvalue weighted by molar-refractivity contribution is 5.85. The highest BCUT2D eigenvalue weighted by Gasteiger charge is 2.39. The number of hydrogen-bond acceptors (Lipinski definition) is 5. The number of tetrazole rings is 1. The second-order valence-electron chi connectivity index (χ2n) is 7.29. The summed E-state index contributed by atoms with van der Waals surface area (Å²) in [5, 5.41) is 15.6. The molecular weight excluding hydrogens is 352 g/mol. The van der Waals surface area contributed by atoms with Gasteiger partial charge in [-0.05, 0) is 42.7 Å². The Morgan fingerprint density at radius 1 is 1.19 bits per heavy atom. The smallest absolute Gasteiger partial charge is 0.243 e. The maximum absolute atomic E-state index is 12.5. The van der Waals surface area contributed by atoms with Crippen molar-refractivity contribution in [2.75, 3.05) is 0 Å². The van der Waals surface area contributed by atoms with Crippen LogP contribution in [0.15, 0.2) is 30.3 Å². The van der Waals surface area contributed by atoms with Gasteiger partial charge in [0.05, 0.1) is 0 Å². The maximum Gasteiger partial charge on any atom is 0.243 e. The third kappa shape index (κ3) is 4.04. The number of carbonyl (C=O) groups excluding carboxylic acids is 1. The fraction of sp³-hybridized carbons (Fsp3) is 0.556. The van der Waals surface area contributed by atoms with Crippen molar-refractivity contribution in [2.24, 2.45) is 17.6 Å². The fourth-order valence-electron chi connectivity index (χ4n) is 4.40. The average molecular weight is 377 g/mol. The molecule has 26 heavy (non-hydrogen) atoms. The first kappa shape index (κ1) is 18.8. The number of nitrogens with two attached hydrogens (primary N) is 1. The van der Waals surface area contributed by atoms with Gasteiger partial charge in [0.25, 0.3) is 0 Å². The Labute approximate surface area is 159 Å². The molecule has 140 valence electrons.